The van der Waals surface area contributed by atoms with Gasteiger partial charge in [0.1, 0.15) is 5.82 Å². The topological polar surface area (TPSA) is 66.4 Å². The monoisotopic (exact) mass is 317 g/mol. The van der Waals surface area contributed by atoms with Crippen molar-refractivity contribution < 1.29 is 19.1 Å². The number of hydrogen-bond acceptors (Lipinski definition) is 2. The van der Waals surface area contributed by atoms with Crippen LogP contribution in [0.3, 0.4) is 0 Å². The summed E-state index contributed by atoms with van der Waals surface area (Å²) in [6.07, 6.45) is 1.13. The minimum atomic E-state index is -0.880. The molecule has 0 saturated heterocycles. The van der Waals surface area contributed by atoms with Crippen molar-refractivity contribution >= 4 is 33.5 Å². The number of amides is 1. The fraction of sp³-hybridized carbons (Fsp3) is 0.333. The Morgan fingerprint density at radius 3 is 2.56 bits per heavy atom. The smallest absolute Gasteiger partial charge is 0.303 e. The summed E-state index contributed by atoms with van der Waals surface area (Å²) in [5.74, 6) is -1.71. The van der Waals surface area contributed by atoms with Gasteiger partial charge in [0, 0.05) is 17.3 Å². The molecule has 98 valence electrons. The molecule has 0 aliphatic rings. The maximum Gasteiger partial charge on any atom is 0.303 e. The van der Waals surface area contributed by atoms with E-state index < -0.39 is 11.8 Å². The number of carbonyl (C=O) groups is 2. The summed E-state index contributed by atoms with van der Waals surface area (Å²) in [5.41, 5.74) is 0.126. The summed E-state index contributed by atoms with van der Waals surface area (Å²) in [5, 5.41) is 10.9. The molecule has 0 radical (unpaired) electrons. The second-order valence-corrected chi connectivity index (χ2v) is 4.69. The number of anilines is 1. The van der Waals surface area contributed by atoms with Crippen molar-refractivity contribution in [1.82, 2.24) is 0 Å². The largest absolute Gasteiger partial charge is 0.481 e. The van der Waals surface area contributed by atoms with Crippen LogP contribution >= 0.6 is 15.9 Å². The minimum Gasteiger partial charge on any atom is -0.481 e. The first kappa shape index (κ1) is 14.6. The van der Waals surface area contributed by atoms with Gasteiger partial charge in [0.05, 0.1) is 5.69 Å². The van der Waals surface area contributed by atoms with Gasteiger partial charge in [-0.3, -0.25) is 9.59 Å². The van der Waals surface area contributed by atoms with Gasteiger partial charge in [-0.2, -0.15) is 0 Å². The lowest BCUT2D eigenvalue weighted by atomic mass is 10.2. The molecular formula is C12H13BrFNO3. The van der Waals surface area contributed by atoms with E-state index in [1.807, 2.05) is 0 Å². The summed E-state index contributed by atoms with van der Waals surface area (Å²) in [6.45, 7) is 0. The number of nitrogens with one attached hydrogen (secondary N) is 1. The van der Waals surface area contributed by atoms with Crippen LogP contribution in [0.25, 0.3) is 0 Å². The molecule has 1 amide bonds. The number of rotatable bonds is 6. The van der Waals surface area contributed by atoms with Crippen molar-refractivity contribution in [3.8, 4) is 0 Å². The van der Waals surface area contributed by atoms with E-state index in [0.29, 0.717) is 17.3 Å². The molecule has 0 unspecified atom stereocenters. The molecule has 0 bridgehead atoms. The number of halogens is 2. The molecule has 0 heterocycles. The first-order valence-corrected chi connectivity index (χ1v) is 6.25. The Balaban J connectivity index is 2.38. The third kappa shape index (κ3) is 5.27. The van der Waals surface area contributed by atoms with Crippen LogP contribution < -0.4 is 5.32 Å². The van der Waals surface area contributed by atoms with E-state index in [4.69, 9.17) is 5.11 Å². The van der Waals surface area contributed by atoms with Gasteiger partial charge in [-0.1, -0.05) is 15.9 Å². The number of unbranched alkanes of at least 4 members (excludes halogenated alkanes) is 1. The molecule has 0 saturated carbocycles. The molecule has 4 nitrogen and oxygen atoms in total. The van der Waals surface area contributed by atoms with E-state index in [9.17, 15) is 14.0 Å². The van der Waals surface area contributed by atoms with Crippen molar-refractivity contribution in [1.29, 1.82) is 0 Å². The maximum atomic E-state index is 13.4. The average molecular weight is 318 g/mol. The molecule has 1 aromatic rings. The fourth-order valence-corrected chi connectivity index (χ4v) is 1.70. The molecule has 1 rings (SSSR count). The van der Waals surface area contributed by atoms with Gasteiger partial charge in [-0.05, 0) is 31.0 Å². The van der Waals surface area contributed by atoms with Crippen LogP contribution in [0.1, 0.15) is 25.7 Å². The van der Waals surface area contributed by atoms with Crippen LogP contribution in [0.15, 0.2) is 22.7 Å². The molecule has 0 aliphatic heterocycles. The lowest BCUT2D eigenvalue weighted by molar-refractivity contribution is -0.137. The zero-order valence-corrected chi connectivity index (χ0v) is 11.2. The second-order valence-electron chi connectivity index (χ2n) is 3.77. The Kier molecular flexibility index (Phi) is 5.77. The number of carbonyl (C=O) groups excluding carboxylic acids is 1. The standard InChI is InChI=1S/C12H13BrFNO3/c13-8-5-6-10(9(14)7-8)15-11(16)3-1-2-4-12(17)18/h5-7H,1-4H2,(H,15,16)(H,17,18). The van der Waals surface area contributed by atoms with Crippen LogP contribution in [-0.4, -0.2) is 17.0 Å². The highest BCUT2D eigenvalue weighted by Gasteiger charge is 2.07. The molecular weight excluding hydrogens is 305 g/mol. The van der Waals surface area contributed by atoms with E-state index in [0.717, 1.165) is 0 Å². The number of hydrogen-bond donors (Lipinski definition) is 2. The van der Waals surface area contributed by atoms with Crippen molar-refractivity contribution in [3.63, 3.8) is 0 Å². The number of carboxylic acids is 1. The molecule has 0 aromatic heterocycles. The van der Waals surface area contributed by atoms with Crippen molar-refractivity contribution in [3.05, 3.63) is 28.5 Å². The SMILES string of the molecule is O=C(O)CCCCC(=O)Nc1ccc(Br)cc1F. The highest BCUT2D eigenvalue weighted by Crippen LogP contribution is 2.19. The molecule has 0 atom stereocenters. The van der Waals surface area contributed by atoms with E-state index in [1.165, 1.54) is 12.1 Å². The molecule has 1 aromatic carbocycles. The number of aliphatic carboxylic acids is 1. The van der Waals surface area contributed by atoms with Crippen LogP contribution in [0.4, 0.5) is 10.1 Å². The summed E-state index contributed by atoms with van der Waals surface area (Å²) in [7, 11) is 0. The first-order valence-electron chi connectivity index (χ1n) is 5.45. The minimum absolute atomic E-state index is 0.0416. The number of benzene rings is 1. The highest BCUT2D eigenvalue weighted by atomic mass is 79.9. The predicted molar refractivity (Wildman–Crippen MR) is 68.8 cm³/mol. The quantitative estimate of drug-likeness (QED) is 0.792. The van der Waals surface area contributed by atoms with Gasteiger partial charge in [0.25, 0.3) is 0 Å². The van der Waals surface area contributed by atoms with Crippen LogP contribution in [0, 0.1) is 5.82 Å². The summed E-state index contributed by atoms with van der Waals surface area (Å²) < 4.78 is 14.0. The highest BCUT2D eigenvalue weighted by molar-refractivity contribution is 9.10. The van der Waals surface area contributed by atoms with Gasteiger partial charge in [-0.15, -0.1) is 0 Å². The Morgan fingerprint density at radius 1 is 1.28 bits per heavy atom. The van der Waals surface area contributed by atoms with E-state index >= 15 is 0 Å². The first-order chi connectivity index (χ1) is 8.49. The summed E-state index contributed by atoms with van der Waals surface area (Å²) in [6, 6.07) is 4.36. The lowest BCUT2D eigenvalue weighted by Crippen LogP contribution is -2.12. The Morgan fingerprint density at radius 2 is 1.94 bits per heavy atom. The third-order valence-corrected chi connectivity index (χ3v) is 2.74. The van der Waals surface area contributed by atoms with Crippen molar-refractivity contribution in [2.75, 3.05) is 5.32 Å². The third-order valence-electron chi connectivity index (χ3n) is 2.25. The zero-order chi connectivity index (χ0) is 13.5. The molecule has 18 heavy (non-hydrogen) atoms. The molecule has 0 aliphatic carbocycles. The normalized spacial score (nSPS) is 10.1. The van der Waals surface area contributed by atoms with E-state index in [1.54, 1.807) is 6.07 Å². The van der Waals surface area contributed by atoms with Gasteiger partial charge < -0.3 is 10.4 Å². The molecule has 2 N–H and O–H groups in total. The van der Waals surface area contributed by atoms with E-state index in [-0.39, 0.29) is 24.4 Å². The van der Waals surface area contributed by atoms with Gasteiger partial charge in [0.2, 0.25) is 5.91 Å². The second kappa shape index (κ2) is 7.10. The van der Waals surface area contributed by atoms with E-state index in [2.05, 4.69) is 21.2 Å². The maximum absolute atomic E-state index is 13.4. The fourth-order valence-electron chi connectivity index (χ4n) is 1.37. The zero-order valence-electron chi connectivity index (χ0n) is 9.58. The van der Waals surface area contributed by atoms with Crippen LogP contribution in [0.5, 0.6) is 0 Å². The van der Waals surface area contributed by atoms with Gasteiger partial charge in [-0.25, -0.2) is 4.39 Å². The van der Waals surface area contributed by atoms with Gasteiger partial charge >= 0.3 is 5.97 Å². The molecule has 6 heteroatoms. The Labute approximate surface area is 112 Å². The summed E-state index contributed by atoms with van der Waals surface area (Å²) >= 11 is 3.12. The Bertz CT molecular complexity index is 451. The van der Waals surface area contributed by atoms with Crippen LogP contribution in [0.2, 0.25) is 0 Å². The predicted octanol–water partition coefficient (Wildman–Crippen LogP) is 3.17. The number of carboxylic acid groups (broad SMARTS) is 1. The van der Waals surface area contributed by atoms with Gasteiger partial charge in [0.15, 0.2) is 0 Å². The summed E-state index contributed by atoms with van der Waals surface area (Å²) in [4.78, 5) is 21.7. The average Bonchev–Trinajstić information content (AvgIpc) is 2.28. The lowest BCUT2D eigenvalue weighted by Gasteiger charge is -2.06. The molecule has 0 spiro atoms. The Hall–Kier alpha value is -1.43. The van der Waals surface area contributed by atoms with Crippen molar-refractivity contribution in [2.24, 2.45) is 0 Å². The van der Waals surface area contributed by atoms with Crippen molar-refractivity contribution in [2.45, 2.75) is 25.7 Å². The molecule has 0 fully saturated rings. The van der Waals surface area contributed by atoms with Crippen LogP contribution in [-0.2, 0) is 9.59 Å².